The van der Waals surface area contributed by atoms with Gasteiger partial charge in [0.2, 0.25) is 0 Å². The molecule has 3 aromatic carbocycles. The van der Waals surface area contributed by atoms with Crippen LogP contribution in [0.4, 0.5) is 29.3 Å². The first-order chi connectivity index (χ1) is 16.7. The molecular weight excluding hydrogens is 459 g/mol. The molecule has 0 unspecified atom stereocenters. The molecule has 1 heterocycles. The molecule has 0 aliphatic carbocycles. The number of amides is 2. The number of aryl methyl sites for hydroxylation is 1. The Balaban J connectivity index is 1.56. The Morgan fingerprint density at radius 1 is 0.971 bits per heavy atom. The number of alkyl halides is 3. The van der Waals surface area contributed by atoms with Gasteiger partial charge in [-0.3, -0.25) is 0 Å². The molecule has 2 amide bonds. The van der Waals surface area contributed by atoms with Crippen LogP contribution in [0.2, 0.25) is 0 Å². The van der Waals surface area contributed by atoms with E-state index in [-0.39, 0.29) is 6.01 Å². The van der Waals surface area contributed by atoms with Crippen LogP contribution < -0.4 is 15.4 Å². The fraction of sp³-hybridized carbons (Fsp3) is 0.160. The third kappa shape index (κ3) is 5.60. The van der Waals surface area contributed by atoms with E-state index in [9.17, 15) is 18.0 Å². The Labute approximate surface area is 199 Å². The van der Waals surface area contributed by atoms with E-state index >= 15 is 0 Å². The van der Waals surface area contributed by atoms with Gasteiger partial charge in [-0.05, 0) is 61.9 Å². The summed E-state index contributed by atoms with van der Waals surface area (Å²) in [5.41, 5.74) is 2.45. The van der Waals surface area contributed by atoms with Crippen molar-refractivity contribution in [3.63, 3.8) is 0 Å². The van der Waals surface area contributed by atoms with Gasteiger partial charge in [-0.1, -0.05) is 30.3 Å². The van der Waals surface area contributed by atoms with Crippen LogP contribution in [0.3, 0.4) is 0 Å². The molecule has 0 fully saturated rings. The molecule has 0 radical (unpaired) electrons. The number of urea groups is 1. The number of rotatable bonds is 6. The third-order valence-electron chi connectivity index (χ3n) is 5.09. The minimum atomic E-state index is -4.43. The minimum Gasteiger partial charge on any atom is -0.463 e. The van der Waals surface area contributed by atoms with Crippen LogP contribution in [-0.2, 0) is 6.18 Å². The molecule has 35 heavy (non-hydrogen) atoms. The molecule has 0 saturated carbocycles. The molecular formula is C25H22F3N5O2. The van der Waals surface area contributed by atoms with Crippen molar-refractivity contribution in [2.75, 3.05) is 17.2 Å². The zero-order valence-electron chi connectivity index (χ0n) is 18.9. The SMILES string of the molecule is CCOc1nc(-c2ccc(C(F)(F)F)cc2)n(-c2ccc(NC(=O)Nc3ccccc3C)cc2)n1. The highest BCUT2D eigenvalue weighted by molar-refractivity contribution is 6.00. The number of benzene rings is 3. The Bertz CT molecular complexity index is 1320. The highest BCUT2D eigenvalue weighted by Crippen LogP contribution is 2.31. The molecule has 0 bridgehead atoms. The van der Waals surface area contributed by atoms with Crippen molar-refractivity contribution >= 4 is 17.4 Å². The lowest BCUT2D eigenvalue weighted by Crippen LogP contribution is -2.19. The number of hydrogen-bond acceptors (Lipinski definition) is 4. The van der Waals surface area contributed by atoms with Crippen LogP contribution in [0.15, 0.2) is 72.8 Å². The van der Waals surface area contributed by atoms with Crippen LogP contribution in [0.1, 0.15) is 18.1 Å². The van der Waals surface area contributed by atoms with E-state index in [0.29, 0.717) is 35.1 Å². The average Bonchev–Trinajstić information content (AvgIpc) is 3.25. The molecule has 2 N–H and O–H groups in total. The van der Waals surface area contributed by atoms with Gasteiger partial charge in [0, 0.05) is 16.9 Å². The average molecular weight is 481 g/mol. The highest BCUT2D eigenvalue weighted by atomic mass is 19.4. The fourth-order valence-corrected chi connectivity index (χ4v) is 3.34. The fourth-order valence-electron chi connectivity index (χ4n) is 3.34. The number of ether oxygens (including phenoxy) is 1. The maximum atomic E-state index is 13.0. The number of anilines is 2. The van der Waals surface area contributed by atoms with Crippen molar-refractivity contribution in [1.29, 1.82) is 0 Å². The van der Waals surface area contributed by atoms with Crippen LogP contribution in [0, 0.1) is 6.92 Å². The van der Waals surface area contributed by atoms with Gasteiger partial charge in [0.25, 0.3) is 0 Å². The molecule has 0 aliphatic heterocycles. The van der Waals surface area contributed by atoms with Gasteiger partial charge in [0.05, 0.1) is 17.9 Å². The number of aromatic nitrogens is 3. The van der Waals surface area contributed by atoms with Gasteiger partial charge in [-0.15, -0.1) is 5.10 Å². The van der Waals surface area contributed by atoms with Gasteiger partial charge in [-0.25, -0.2) is 9.48 Å². The van der Waals surface area contributed by atoms with E-state index in [1.807, 2.05) is 31.2 Å². The van der Waals surface area contributed by atoms with Crippen LogP contribution in [0.5, 0.6) is 6.01 Å². The summed E-state index contributed by atoms with van der Waals surface area (Å²) in [6.45, 7) is 4.00. The van der Waals surface area contributed by atoms with Crippen molar-refractivity contribution < 1.29 is 22.7 Å². The molecule has 0 atom stereocenters. The summed E-state index contributed by atoms with van der Waals surface area (Å²) >= 11 is 0. The second-order valence-corrected chi connectivity index (χ2v) is 7.58. The van der Waals surface area contributed by atoms with E-state index in [0.717, 1.165) is 17.7 Å². The van der Waals surface area contributed by atoms with E-state index in [2.05, 4.69) is 20.7 Å². The van der Waals surface area contributed by atoms with Gasteiger partial charge in [0.15, 0.2) is 5.82 Å². The van der Waals surface area contributed by atoms with Crippen molar-refractivity contribution in [3.8, 4) is 23.1 Å². The number of para-hydroxylation sites is 1. The van der Waals surface area contributed by atoms with Crippen molar-refractivity contribution in [3.05, 3.63) is 83.9 Å². The van der Waals surface area contributed by atoms with Gasteiger partial charge in [0.1, 0.15) is 0 Å². The lowest BCUT2D eigenvalue weighted by Gasteiger charge is -2.11. The molecule has 4 rings (SSSR count). The molecule has 1 aromatic heterocycles. The predicted molar refractivity (Wildman–Crippen MR) is 127 cm³/mol. The zero-order valence-corrected chi connectivity index (χ0v) is 18.9. The van der Waals surface area contributed by atoms with Crippen molar-refractivity contribution in [1.82, 2.24) is 14.8 Å². The molecule has 10 heteroatoms. The quantitative estimate of drug-likeness (QED) is 0.338. The van der Waals surface area contributed by atoms with E-state index in [1.165, 1.54) is 16.8 Å². The first-order valence-electron chi connectivity index (χ1n) is 10.8. The summed E-state index contributed by atoms with van der Waals surface area (Å²) in [6.07, 6.45) is -4.43. The normalized spacial score (nSPS) is 11.2. The summed E-state index contributed by atoms with van der Waals surface area (Å²) in [5, 5.41) is 9.89. The summed E-state index contributed by atoms with van der Waals surface area (Å²) in [4.78, 5) is 16.7. The van der Waals surface area contributed by atoms with E-state index < -0.39 is 17.8 Å². The summed E-state index contributed by atoms with van der Waals surface area (Å²) in [6, 6.07) is 18.6. The van der Waals surface area contributed by atoms with Gasteiger partial charge >= 0.3 is 18.2 Å². The number of hydrogen-bond donors (Lipinski definition) is 2. The molecule has 0 spiro atoms. The van der Waals surface area contributed by atoms with Gasteiger partial charge < -0.3 is 15.4 Å². The monoisotopic (exact) mass is 481 g/mol. The van der Waals surface area contributed by atoms with Gasteiger partial charge in [-0.2, -0.15) is 18.2 Å². The second-order valence-electron chi connectivity index (χ2n) is 7.58. The van der Waals surface area contributed by atoms with Crippen LogP contribution in [0.25, 0.3) is 17.1 Å². The second kappa shape index (κ2) is 9.88. The molecule has 7 nitrogen and oxygen atoms in total. The first kappa shape index (κ1) is 23.8. The lowest BCUT2D eigenvalue weighted by atomic mass is 10.1. The summed E-state index contributed by atoms with van der Waals surface area (Å²) in [7, 11) is 0. The highest BCUT2D eigenvalue weighted by Gasteiger charge is 2.30. The van der Waals surface area contributed by atoms with E-state index in [4.69, 9.17) is 4.74 Å². The van der Waals surface area contributed by atoms with Crippen molar-refractivity contribution in [2.24, 2.45) is 0 Å². The zero-order chi connectivity index (χ0) is 25.0. The van der Waals surface area contributed by atoms with Crippen LogP contribution in [-0.4, -0.2) is 27.4 Å². The van der Waals surface area contributed by atoms with E-state index in [1.54, 1.807) is 31.2 Å². The maximum Gasteiger partial charge on any atom is 0.416 e. The Kier molecular flexibility index (Phi) is 6.72. The number of nitrogens with zero attached hydrogens (tertiary/aromatic N) is 3. The topological polar surface area (TPSA) is 81.1 Å². The number of nitrogens with one attached hydrogen (secondary N) is 2. The van der Waals surface area contributed by atoms with Crippen LogP contribution >= 0.6 is 0 Å². The summed E-state index contributed by atoms with van der Waals surface area (Å²) < 4.78 is 45.7. The maximum absolute atomic E-state index is 13.0. The third-order valence-corrected chi connectivity index (χ3v) is 5.09. The standard InChI is InChI=1S/C25H22F3N5O2/c1-3-35-24-31-22(17-8-10-18(11-9-17)25(26,27)28)33(32-24)20-14-12-19(13-15-20)29-23(34)30-21-7-5-4-6-16(21)2/h4-15H,3H2,1-2H3,(H2,29,30,34). The largest absolute Gasteiger partial charge is 0.463 e. The number of carbonyl (C=O) groups excluding carboxylic acids is 1. The smallest absolute Gasteiger partial charge is 0.416 e. The Morgan fingerprint density at radius 3 is 2.29 bits per heavy atom. The molecule has 0 saturated heterocycles. The molecule has 0 aliphatic rings. The molecule has 4 aromatic rings. The Morgan fingerprint density at radius 2 is 1.66 bits per heavy atom. The Hall–Kier alpha value is -4.34. The number of halogens is 3. The van der Waals surface area contributed by atoms with Crippen molar-refractivity contribution in [2.45, 2.75) is 20.0 Å². The number of carbonyl (C=O) groups is 1. The molecule has 180 valence electrons. The lowest BCUT2D eigenvalue weighted by molar-refractivity contribution is -0.137. The minimum absolute atomic E-state index is 0.0993. The first-order valence-corrected chi connectivity index (χ1v) is 10.8. The predicted octanol–water partition coefficient (Wildman–Crippen LogP) is 6.30. The summed E-state index contributed by atoms with van der Waals surface area (Å²) in [5.74, 6) is 0.320.